The van der Waals surface area contributed by atoms with Crippen molar-refractivity contribution in [3.8, 4) is 5.75 Å². The molecule has 0 bridgehead atoms. The largest absolute Gasteiger partial charge is 0.486 e. The van der Waals surface area contributed by atoms with Crippen LogP contribution in [-0.2, 0) is 24.4 Å². The molecule has 0 aliphatic carbocycles. The molecule has 31 heavy (non-hydrogen) atoms. The summed E-state index contributed by atoms with van der Waals surface area (Å²) in [6.07, 6.45) is 1.32. The van der Waals surface area contributed by atoms with Crippen LogP contribution in [0.5, 0.6) is 5.75 Å². The molecule has 1 heterocycles. The monoisotopic (exact) mass is 436 g/mol. The molecule has 5 heteroatoms. The molecule has 0 N–H and O–H groups in total. The number of carbonyl (C=O) groups excluding carboxylic acids is 1. The molecule has 0 unspecified atom stereocenters. The topological polar surface area (TPSA) is 42.4 Å². The second-order valence-electron chi connectivity index (χ2n) is 8.16. The lowest BCUT2D eigenvalue weighted by molar-refractivity contribution is -0.133. The first-order valence-corrected chi connectivity index (χ1v) is 11.8. The van der Waals surface area contributed by atoms with E-state index in [4.69, 9.17) is 9.72 Å². The van der Waals surface area contributed by atoms with Crippen molar-refractivity contribution in [2.75, 3.05) is 0 Å². The average Bonchev–Trinajstić information content (AvgIpc) is 3.23. The predicted octanol–water partition coefficient (Wildman–Crippen LogP) is 6.22. The van der Waals surface area contributed by atoms with Crippen molar-refractivity contribution in [1.29, 1.82) is 0 Å². The van der Waals surface area contributed by atoms with Gasteiger partial charge in [0.1, 0.15) is 17.4 Å². The minimum Gasteiger partial charge on any atom is -0.486 e. The summed E-state index contributed by atoms with van der Waals surface area (Å²) in [7, 11) is 0. The SMILES string of the molecule is CC[C@@H](C)N(Cc1csc(COc2ccccc2C(C)C)n1)C(=O)Cc1ccccc1. The molecule has 0 saturated carbocycles. The van der Waals surface area contributed by atoms with Gasteiger partial charge in [-0.15, -0.1) is 11.3 Å². The molecule has 0 aliphatic heterocycles. The number of para-hydroxylation sites is 1. The van der Waals surface area contributed by atoms with Crippen molar-refractivity contribution in [1.82, 2.24) is 9.88 Å². The number of thiazole rings is 1. The van der Waals surface area contributed by atoms with Crippen molar-refractivity contribution in [2.24, 2.45) is 0 Å². The smallest absolute Gasteiger partial charge is 0.227 e. The molecule has 1 atom stereocenters. The lowest BCUT2D eigenvalue weighted by atomic mass is 10.0. The maximum atomic E-state index is 13.0. The minimum absolute atomic E-state index is 0.136. The van der Waals surface area contributed by atoms with Crippen LogP contribution < -0.4 is 4.74 Å². The Balaban J connectivity index is 1.65. The molecule has 1 amide bonds. The van der Waals surface area contributed by atoms with Crippen LogP contribution in [0.1, 0.15) is 61.9 Å². The van der Waals surface area contributed by atoms with Crippen LogP contribution in [0.25, 0.3) is 0 Å². The minimum atomic E-state index is 0.136. The highest BCUT2D eigenvalue weighted by Gasteiger charge is 2.21. The normalized spacial score (nSPS) is 12.0. The van der Waals surface area contributed by atoms with Crippen molar-refractivity contribution < 1.29 is 9.53 Å². The highest BCUT2D eigenvalue weighted by molar-refractivity contribution is 7.09. The first kappa shape index (κ1) is 23.0. The molecule has 0 spiro atoms. The van der Waals surface area contributed by atoms with E-state index >= 15 is 0 Å². The Bertz CT molecular complexity index is 968. The summed E-state index contributed by atoms with van der Waals surface area (Å²) in [5.74, 6) is 1.45. The van der Waals surface area contributed by atoms with Gasteiger partial charge in [0, 0.05) is 11.4 Å². The molecule has 3 rings (SSSR count). The summed E-state index contributed by atoms with van der Waals surface area (Å²) in [5, 5.41) is 2.96. The third-order valence-electron chi connectivity index (χ3n) is 5.47. The summed E-state index contributed by atoms with van der Waals surface area (Å²) in [6.45, 7) is 9.51. The number of hydrogen-bond acceptors (Lipinski definition) is 4. The van der Waals surface area contributed by atoms with Gasteiger partial charge in [-0.3, -0.25) is 4.79 Å². The molecule has 0 fully saturated rings. The van der Waals surface area contributed by atoms with Crippen molar-refractivity contribution in [3.05, 3.63) is 81.8 Å². The van der Waals surface area contributed by atoms with E-state index in [1.54, 1.807) is 11.3 Å². The van der Waals surface area contributed by atoms with Gasteiger partial charge in [0.05, 0.1) is 18.7 Å². The third kappa shape index (κ3) is 6.41. The summed E-state index contributed by atoms with van der Waals surface area (Å²) < 4.78 is 6.07. The Morgan fingerprint density at radius 2 is 1.77 bits per heavy atom. The molecular weight excluding hydrogens is 404 g/mol. The fourth-order valence-corrected chi connectivity index (χ4v) is 4.17. The molecular formula is C26H32N2O2S. The Labute approximate surface area is 189 Å². The zero-order valence-corrected chi connectivity index (χ0v) is 19.7. The number of nitrogens with zero attached hydrogens (tertiary/aromatic N) is 2. The van der Waals surface area contributed by atoms with Gasteiger partial charge in [-0.25, -0.2) is 4.98 Å². The second-order valence-corrected chi connectivity index (χ2v) is 9.10. The fraction of sp³-hybridized carbons (Fsp3) is 0.385. The number of benzene rings is 2. The van der Waals surface area contributed by atoms with Crippen molar-refractivity contribution in [3.63, 3.8) is 0 Å². The molecule has 0 saturated heterocycles. The quantitative estimate of drug-likeness (QED) is 0.379. The van der Waals surface area contributed by atoms with E-state index in [0.717, 1.165) is 28.4 Å². The Morgan fingerprint density at radius 1 is 1.06 bits per heavy atom. The van der Waals surface area contributed by atoms with E-state index in [1.807, 2.05) is 58.8 Å². The molecule has 1 aromatic heterocycles. The summed E-state index contributed by atoms with van der Waals surface area (Å²) in [6, 6.07) is 18.2. The number of amides is 1. The maximum Gasteiger partial charge on any atom is 0.227 e. The van der Waals surface area contributed by atoms with Crippen molar-refractivity contribution >= 4 is 17.2 Å². The van der Waals surface area contributed by atoms with Crippen LogP contribution in [-0.4, -0.2) is 21.8 Å². The van der Waals surface area contributed by atoms with Gasteiger partial charge in [-0.1, -0.05) is 69.3 Å². The highest BCUT2D eigenvalue weighted by atomic mass is 32.1. The average molecular weight is 437 g/mol. The van der Waals surface area contributed by atoms with E-state index in [-0.39, 0.29) is 11.9 Å². The van der Waals surface area contributed by atoms with Gasteiger partial charge in [0.15, 0.2) is 0 Å². The second kappa shape index (κ2) is 11.1. The summed E-state index contributed by atoms with van der Waals surface area (Å²) >= 11 is 1.59. The number of ether oxygens (including phenoxy) is 1. The summed E-state index contributed by atoms with van der Waals surface area (Å²) in [4.78, 5) is 19.7. The predicted molar refractivity (Wildman–Crippen MR) is 127 cm³/mol. The number of hydrogen-bond donors (Lipinski definition) is 0. The lowest BCUT2D eigenvalue weighted by Gasteiger charge is -2.28. The molecule has 164 valence electrons. The highest BCUT2D eigenvalue weighted by Crippen LogP contribution is 2.27. The zero-order chi connectivity index (χ0) is 22.2. The maximum absolute atomic E-state index is 13.0. The fourth-order valence-electron chi connectivity index (χ4n) is 3.47. The van der Waals surface area contributed by atoms with E-state index in [2.05, 4.69) is 33.8 Å². The Morgan fingerprint density at radius 3 is 2.48 bits per heavy atom. The van der Waals surface area contributed by atoms with E-state index < -0.39 is 0 Å². The molecule has 2 aromatic carbocycles. The summed E-state index contributed by atoms with van der Waals surface area (Å²) in [5.41, 5.74) is 3.16. The molecule has 4 nitrogen and oxygen atoms in total. The first-order chi connectivity index (χ1) is 15.0. The van der Waals surface area contributed by atoms with Crippen LogP contribution in [0.3, 0.4) is 0 Å². The lowest BCUT2D eigenvalue weighted by Crippen LogP contribution is -2.38. The molecule has 0 aliphatic rings. The molecule has 0 radical (unpaired) electrons. The van der Waals surface area contributed by atoms with E-state index in [9.17, 15) is 4.79 Å². The van der Waals surface area contributed by atoms with Gasteiger partial charge in [0.2, 0.25) is 5.91 Å². The Kier molecular flexibility index (Phi) is 8.24. The standard InChI is InChI=1S/C26H32N2O2S/c1-5-20(4)28(26(29)15-21-11-7-6-8-12-21)16-22-18-31-25(27-22)17-30-24-14-10-9-13-23(24)19(2)3/h6-14,18-20H,5,15-17H2,1-4H3/t20-/m1/s1. The van der Waals surface area contributed by atoms with Crippen LogP contribution in [0.2, 0.25) is 0 Å². The van der Waals surface area contributed by atoms with Gasteiger partial charge < -0.3 is 9.64 Å². The van der Waals surface area contributed by atoms with E-state index in [1.165, 1.54) is 5.56 Å². The van der Waals surface area contributed by atoms with Crippen LogP contribution in [0.4, 0.5) is 0 Å². The first-order valence-electron chi connectivity index (χ1n) is 11.0. The van der Waals surface area contributed by atoms with Crippen molar-refractivity contribution in [2.45, 2.75) is 65.6 Å². The van der Waals surface area contributed by atoms with Gasteiger partial charge in [-0.2, -0.15) is 0 Å². The number of aromatic nitrogens is 1. The Hall–Kier alpha value is -2.66. The molecule has 3 aromatic rings. The zero-order valence-electron chi connectivity index (χ0n) is 18.9. The van der Waals surface area contributed by atoms with Gasteiger partial charge in [0.25, 0.3) is 0 Å². The van der Waals surface area contributed by atoms with Gasteiger partial charge >= 0.3 is 0 Å². The number of carbonyl (C=O) groups is 1. The third-order valence-corrected chi connectivity index (χ3v) is 6.34. The number of rotatable bonds is 10. The van der Waals surface area contributed by atoms with Crippen LogP contribution in [0, 0.1) is 0 Å². The van der Waals surface area contributed by atoms with Crippen LogP contribution >= 0.6 is 11.3 Å². The van der Waals surface area contributed by atoms with Gasteiger partial charge in [-0.05, 0) is 36.5 Å². The van der Waals surface area contributed by atoms with Crippen LogP contribution in [0.15, 0.2) is 60.0 Å². The van der Waals surface area contributed by atoms with E-state index in [0.29, 0.717) is 25.5 Å².